The molecular weight excluding hydrogens is 272 g/mol. The number of aryl methyl sites for hydroxylation is 1. The lowest BCUT2D eigenvalue weighted by atomic mass is 10.1. The molecule has 0 aliphatic rings. The Hall–Kier alpha value is -1.53. The average molecular weight is 290 g/mol. The van der Waals surface area contributed by atoms with Crippen LogP contribution in [0.25, 0.3) is 16.8 Å². The van der Waals surface area contributed by atoms with Crippen LogP contribution in [0.2, 0.25) is 0 Å². The summed E-state index contributed by atoms with van der Waals surface area (Å²) in [5.41, 5.74) is 1.61. The lowest BCUT2D eigenvalue weighted by Crippen LogP contribution is -2.19. The quantitative estimate of drug-likeness (QED) is 0.750. The molecule has 2 heterocycles. The molecule has 5 nitrogen and oxygen atoms in total. The number of benzene rings is 1. The van der Waals surface area contributed by atoms with Crippen LogP contribution in [0.1, 0.15) is 20.3 Å². The summed E-state index contributed by atoms with van der Waals surface area (Å²) >= 11 is 1.63. The molecule has 20 heavy (non-hydrogen) atoms. The van der Waals surface area contributed by atoms with E-state index in [1.54, 1.807) is 11.8 Å². The minimum atomic E-state index is -0.643. The van der Waals surface area contributed by atoms with Crippen molar-refractivity contribution in [2.45, 2.75) is 31.0 Å². The largest absolute Gasteiger partial charge is 0.390 e. The molecule has 0 saturated heterocycles. The first kappa shape index (κ1) is 13.5. The van der Waals surface area contributed by atoms with Crippen molar-refractivity contribution in [3.05, 3.63) is 24.3 Å². The van der Waals surface area contributed by atoms with Gasteiger partial charge in [0.25, 0.3) is 0 Å². The van der Waals surface area contributed by atoms with Gasteiger partial charge in [-0.2, -0.15) is 0 Å². The normalized spacial score (nSPS) is 12.6. The minimum absolute atomic E-state index is 0.643. The monoisotopic (exact) mass is 290 g/mol. The van der Waals surface area contributed by atoms with Gasteiger partial charge in [-0.05, 0) is 32.4 Å². The molecule has 3 rings (SSSR count). The number of hydrogen-bond acceptors (Lipinski definition) is 4. The van der Waals surface area contributed by atoms with E-state index in [2.05, 4.69) is 26.7 Å². The summed E-state index contributed by atoms with van der Waals surface area (Å²) in [4.78, 5) is 0. The van der Waals surface area contributed by atoms with Crippen LogP contribution < -0.4 is 0 Å². The molecule has 1 N–H and O–H groups in total. The lowest BCUT2D eigenvalue weighted by Gasteiger charge is -2.15. The van der Waals surface area contributed by atoms with Gasteiger partial charge in [-0.15, -0.1) is 10.2 Å². The zero-order valence-corrected chi connectivity index (χ0v) is 12.7. The van der Waals surface area contributed by atoms with Gasteiger partial charge in [0.05, 0.1) is 16.6 Å². The van der Waals surface area contributed by atoms with Crippen LogP contribution in [0.3, 0.4) is 0 Å². The van der Waals surface area contributed by atoms with Gasteiger partial charge in [-0.3, -0.25) is 4.40 Å². The Bertz CT molecular complexity index is 754. The molecule has 0 bridgehead atoms. The van der Waals surface area contributed by atoms with Crippen molar-refractivity contribution in [3.63, 3.8) is 0 Å². The highest BCUT2D eigenvalue weighted by Crippen LogP contribution is 2.26. The first-order chi connectivity index (χ1) is 9.47. The van der Waals surface area contributed by atoms with Crippen LogP contribution in [0, 0.1) is 0 Å². The van der Waals surface area contributed by atoms with E-state index in [1.165, 1.54) is 0 Å². The molecule has 6 heteroatoms. The third-order valence-electron chi connectivity index (χ3n) is 3.35. The predicted octanol–water partition coefficient (Wildman–Crippen LogP) is 2.47. The second-order valence-corrected chi connectivity index (χ2v) is 6.64. The smallest absolute Gasteiger partial charge is 0.236 e. The summed E-state index contributed by atoms with van der Waals surface area (Å²) in [6.45, 7) is 3.65. The van der Waals surface area contributed by atoms with Gasteiger partial charge < -0.3 is 9.67 Å². The number of aromatic nitrogens is 4. The second-order valence-electron chi connectivity index (χ2n) is 5.58. The van der Waals surface area contributed by atoms with E-state index in [1.807, 2.05) is 37.6 Å². The van der Waals surface area contributed by atoms with Crippen molar-refractivity contribution in [3.8, 4) is 0 Å². The summed E-state index contributed by atoms with van der Waals surface area (Å²) < 4.78 is 4.12. The molecule has 0 saturated carbocycles. The number of fused-ring (bicyclic) bond motifs is 3. The number of nitrogens with zero attached hydrogens (tertiary/aromatic N) is 4. The molecule has 0 radical (unpaired) electrons. The van der Waals surface area contributed by atoms with Gasteiger partial charge in [0.1, 0.15) is 0 Å². The van der Waals surface area contributed by atoms with E-state index >= 15 is 0 Å². The van der Waals surface area contributed by atoms with Crippen molar-refractivity contribution >= 4 is 28.6 Å². The number of imidazole rings is 1. The maximum absolute atomic E-state index is 9.78. The zero-order valence-electron chi connectivity index (χ0n) is 11.9. The maximum Gasteiger partial charge on any atom is 0.236 e. The number of para-hydroxylation sites is 2. The van der Waals surface area contributed by atoms with Crippen molar-refractivity contribution in [2.24, 2.45) is 7.05 Å². The highest BCUT2D eigenvalue weighted by Gasteiger charge is 2.17. The summed E-state index contributed by atoms with van der Waals surface area (Å²) in [5.74, 6) is 1.66. The van der Waals surface area contributed by atoms with Crippen LogP contribution in [0.4, 0.5) is 0 Å². The molecule has 2 aromatic heterocycles. The molecule has 0 spiro atoms. The first-order valence-corrected chi connectivity index (χ1v) is 7.60. The topological polar surface area (TPSA) is 55.4 Å². The summed E-state index contributed by atoms with van der Waals surface area (Å²) in [5, 5.41) is 19.2. The van der Waals surface area contributed by atoms with Gasteiger partial charge in [-0.25, -0.2) is 0 Å². The Balaban J connectivity index is 1.98. The van der Waals surface area contributed by atoms with E-state index in [9.17, 15) is 5.11 Å². The highest BCUT2D eigenvalue weighted by atomic mass is 32.2. The van der Waals surface area contributed by atoms with E-state index in [0.717, 1.165) is 34.1 Å². The first-order valence-electron chi connectivity index (χ1n) is 6.61. The maximum atomic E-state index is 9.78. The SMILES string of the molecule is Cn1c2ccccc2n2c(SCCC(C)(C)O)nnc12. The van der Waals surface area contributed by atoms with Crippen molar-refractivity contribution in [1.29, 1.82) is 0 Å². The molecule has 0 aliphatic heterocycles. The highest BCUT2D eigenvalue weighted by molar-refractivity contribution is 7.99. The zero-order chi connectivity index (χ0) is 14.3. The summed E-state index contributed by atoms with van der Waals surface area (Å²) in [6, 6.07) is 8.20. The van der Waals surface area contributed by atoms with Gasteiger partial charge in [0.15, 0.2) is 5.16 Å². The average Bonchev–Trinajstić information content (AvgIpc) is 2.91. The van der Waals surface area contributed by atoms with Crippen molar-refractivity contribution < 1.29 is 5.11 Å². The fourth-order valence-electron chi connectivity index (χ4n) is 2.22. The third kappa shape index (κ3) is 2.29. The van der Waals surface area contributed by atoms with Gasteiger partial charge in [-0.1, -0.05) is 23.9 Å². The van der Waals surface area contributed by atoms with Gasteiger partial charge in [0, 0.05) is 12.8 Å². The fraction of sp³-hybridized carbons (Fsp3) is 0.429. The number of aliphatic hydroxyl groups is 1. The molecule has 0 amide bonds. The Morgan fingerprint density at radius 3 is 2.60 bits per heavy atom. The molecule has 0 unspecified atom stereocenters. The number of hydrogen-bond donors (Lipinski definition) is 1. The van der Waals surface area contributed by atoms with Crippen LogP contribution >= 0.6 is 11.8 Å². The van der Waals surface area contributed by atoms with E-state index in [-0.39, 0.29) is 0 Å². The second kappa shape index (κ2) is 4.79. The predicted molar refractivity (Wildman–Crippen MR) is 81.1 cm³/mol. The van der Waals surface area contributed by atoms with Gasteiger partial charge >= 0.3 is 0 Å². The Morgan fingerprint density at radius 1 is 1.20 bits per heavy atom. The molecule has 0 fully saturated rings. The molecule has 0 aliphatic carbocycles. The molecular formula is C14H18N4OS. The molecule has 0 atom stereocenters. The molecule has 1 aromatic carbocycles. The minimum Gasteiger partial charge on any atom is -0.390 e. The van der Waals surface area contributed by atoms with Crippen LogP contribution in [-0.4, -0.2) is 35.6 Å². The summed E-state index contributed by atoms with van der Waals surface area (Å²) in [6.07, 6.45) is 0.720. The Kier molecular flexibility index (Phi) is 3.22. The fourth-order valence-corrected chi connectivity index (χ4v) is 3.41. The van der Waals surface area contributed by atoms with Crippen molar-refractivity contribution in [1.82, 2.24) is 19.2 Å². The standard InChI is InChI=1S/C14H18N4OS/c1-14(2,19)8-9-20-13-16-15-12-17(3)10-6-4-5-7-11(10)18(12)13/h4-7,19H,8-9H2,1-3H3. The van der Waals surface area contributed by atoms with Crippen LogP contribution in [0.15, 0.2) is 29.4 Å². The Morgan fingerprint density at radius 2 is 1.90 bits per heavy atom. The molecule has 3 aromatic rings. The van der Waals surface area contributed by atoms with Crippen LogP contribution in [-0.2, 0) is 7.05 Å². The van der Waals surface area contributed by atoms with E-state index < -0.39 is 5.60 Å². The van der Waals surface area contributed by atoms with Gasteiger partial charge in [0.2, 0.25) is 5.78 Å². The van der Waals surface area contributed by atoms with E-state index in [4.69, 9.17) is 0 Å². The third-order valence-corrected chi connectivity index (χ3v) is 4.28. The van der Waals surface area contributed by atoms with Crippen molar-refractivity contribution in [2.75, 3.05) is 5.75 Å². The lowest BCUT2D eigenvalue weighted by molar-refractivity contribution is 0.0777. The Labute approximate surface area is 121 Å². The summed E-state index contributed by atoms with van der Waals surface area (Å²) in [7, 11) is 2.00. The molecule has 106 valence electrons. The van der Waals surface area contributed by atoms with Crippen LogP contribution in [0.5, 0.6) is 0 Å². The number of thioether (sulfide) groups is 1. The number of rotatable bonds is 4. The van der Waals surface area contributed by atoms with E-state index in [0.29, 0.717) is 0 Å².